The molecular formula is C12H12O3S. The molecule has 0 aliphatic carbocycles. The maximum Gasteiger partial charge on any atom is 0.154 e. The fraction of sp³-hybridized carbons (Fsp3) is 0.333. The van der Waals surface area contributed by atoms with Gasteiger partial charge in [0.2, 0.25) is 0 Å². The zero-order valence-corrected chi connectivity index (χ0v) is 9.44. The Hall–Kier alpha value is -1.31. The van der Waals surface area contributed by atoms with Crippen LogP contribution in [0.2, 0.25) is 0 Å². The Balaban J connectivity index is 2.15. The van der Waals surface area contributed by atoms with Crippen LogP contribution in [-0.2, 0) is 9.84 Å². The molecule has 84 valence electrons. The third kappa shape index (κ3) is 2.63. The van der Waals surface area contributed by atoms with Crippen LogP contribution in [0.1, 0.15) is 5.56 Å². The molecule has 0 amide bonds. The maximum atomic E-state index is 11.2. The summed E-state index contributed by atoms with van der Waals surface area (Å²) in [7, 11) is -3.10. The molecule has 16 heavy (non-hydrogen) atoms. The Morgan fingerprint density at radius 3 is 2.44 bits per heavy atom. The van der Waals surface area contributed by atoms with Crippen LogP contribution in [0.15, 0.2) is 30.3 Å². The van der Waals surface area contributed by atoms with Crippen molar-refractivity contribution in [2.75, 3.05) is 11.5 Å². The lowest BCUT2D eigenvalue weighted by molar-refractivity contribution is 0.174. The molecule has 4 heteroatoms. The zero-order chi connectivity index (χ0) is 11.6. The Bertz CT molecular complexity index is 522. The molecule has 1 saturated heterocycles. The number of sulfone groups is 1. The molecule has 3 nitrogen and oxygen atoms in total. The molecule has 0 unspecified atom stereocenters. The van der Waals surface area contributed by atoms with E-state index in [0.29, 0.717) is 0 Å². The van der Waals surface area contributed by atoms with Crippen LogP contribution >= 0.6 is 0 Å². The van der Waals surface area contributed by atoms with Crippen LogP contribution in [0.4, 0.5) is 0 Å². The standard InChI is InChI=1S/C12H12O3S/c13-12-9-16(14,15)8-11(12)7-6-10-4-2-1-3-5-10/h1-5,11-13H,8-9H2/t11-,12-/m1/s1. The predicted molar refractivity (Wildman–Crippen MR) is 61.5 cm³/mol. The van der Waals surface area contributed by atoms with Crippen LogP contribution in [0.5, 0.6) is 0 Å². The molecule has 0 spiro atoms. The van der Waals surface area contributed by atoms with Crippen molar-refractivity contribution < 1.29 is 13.5 Å². The molecule has 1 aliphatic heterocycles. The number of aliphatic hydroxyl groups excluding tert-OH is 1. The lowest BCUT2D eigenvalue weighted by atomic mass is 10.1. The van der Waals surface area contributed by atoms with Crippen molar-refractivity contribution in [2.24, 2.45) is 5.92 Å². The summed E-state index contributed by atoms with van der Waals surface area (Å²) in [6.45, 7) is 0. The fourth-order valence-corrected chi connectivity index (χ4v) is 3.41. The van der Waals surface area contributed by atoms with Crippen LogP contribution in [-0.4, -0.2) is 31.1 Å². The minimum absolute atomic E-state index is 0.0337. The molecule has 1 heterocycles. The Morgan fingerprint density at radius 2 is 1.88 bits per heavy atom. The van der Waals surface area contributed by atoms with E-state index in [1.807, 2.05) is 30.3 Å². The molecule has 0 saturated carbocycles. The number of benzene rings is 1. The smallest absolute Gasteiger partial charge is 0.154 e. The third-order valence-electron chi connectivity index (χ3n) is 2.50. The molecule has 1 N–H and O–H groups in total. The van der Waals surface area contributed by atoms with Crippen molar-refractivity contribution in [1.29, 1.82) is 0 Å². The van der Waals surface area contributed by atoms with Crippen molar-refractivity contribution in [3.8, 4) is 11.8 Å². The lowest BCUT2D eigenvalue weighted by Crippen LogP contribution is -2.15. The lowest BCUT2D eigenvalue weighted by Gasteiger charge is -2.02. The molecular weight excluding hydrogens is 224 g/mol. The van der Waals surface area contributed by atoms with Gasteiger partial charge in [0.1, 0.15) is 0 Å². The highest BCUT2D eigenvalue weighted by molar-refractivity contribution is 7.91. The molecule has 2 atom stereocenters. The van der Waals surface area contributed by atoms with E-state index in [4.69, 9.17) is 0 Å². The first-order valence-corrected chi connectivity index (χ1v) is 6.84. The first kappa shape index (κ1) is 11.2. The molecule has 1 aliphatic rings. The Morgan fingerprint density at radius 1 is 1.19 bits per heavy atom. The number of hydrogen-bond acceptors (Lipinski definition) is 3. The summed E-state index contributed by atoms with van der Waals surface area (Å²) in [5.74, 6) is 5.05. The monoisotopic (exact) mass is 236 g/mol. The Labute approximate surface area is 95.0 Å². The van der Waals surface area contributed by atoms with Gasteiger partial charge in [0.05, 0.1) is 23.5 Å². The minimum Gasteiger partial charge on any atom is -0.391 e. The van der Waals surface area contributed by atoms with Gasteiger partial charge in [-0.25, -0.2) is 8.42 Å². The van der Waals surface area contributed by atoms with E-state index in [9.17, 15) is 13.5 Å². The van der Waals surface area contributed by atoms with Gasteiger partial charge in [-0.3, -0.25) is 0 Å². The molecule has 1 aromatic carbocycles. The number of hydrogen-bond donors (Lipinski definition) is 1. The van der Waals surface area contributed by atoms with E-state index in [0.717, 1.165) is 5.56 Å². The van der Waals surface area contributed by atoms with Crippen molar-refractivity contribution in [3.63, 3.8) is 0 Å². The van der Waals surface area contributed by atoms with Gasteiger partial charge in [-0.15, -0.1) is 0 Å². The van der Waals surface area contributed by atoms with Gasteiger partial charge in [0, 0.05) is 5.56 Å². The summed E-state index contributed by atoms with van der Waals surface area (Å²) in [5.41, 5.74) is 0.832. The average Bonchev–Trinajstić information content (AvgIpc) is 2.50. The summed E-state index contributed by atoms with van der Waals surface area (Å²) in [6, 6.07) is 9.32. The normalized spacial score (nSPS) is 27.1. The molecule has 2 rings (SSSR count). The second kappa shape index (κ2) is 4.28. The van der Waals surface area contributed by atoms with E-state index < -0.39 is 21.9 Å². The van der Waals surface area contributed by atoms with Gasteiger partial charge in [0.25, 0.3) is 0 Å². The van der Waals surface area contributed by atoms with Gasteiger partial charge < -0.3 is 5.11 Å². The molecule has 0 aromatic heterocycles. The molecule has 1 aromatic rings. The van der Waals surface area contributed by atoms with Gasteiger partial charge in [-0.05, 0) is 12.1 Å². The molecule has 0 bridgehead atoms. The highest BCUT2D eigenvalue weighted by Crippen LogP contribution is 2.18. The highest BCUT2D eigenvalue weighted by Gasteiger charge is 2.35. The maximum absolute atomic E-state index is 11.2. The quantitative estimate of drug-likeness (QED) is 0.665. The van der Waals surface area contributed by atoms with Crippen molar-refractivity contribution >= 4 is 9.84 Å². The first-order valence-electron chi connectivity index (χ1n) is 5.02. The van der Waals surface area contributed by atoms with Gasteiger partial charge in [-0.2, -0.15) is 0 Å². The van der Waals surface area contributed by atoms with Crippen molar-refractivity contribution in [2.45, 2.75) is 6.10 Å². The van der Waals surface area contributed by atoms with Crippen LogP contribution in [0.25, 0.3) is 0 Å². The highest BCUT2D eigenvalue weighted by atomic mass is 32.2. The van der Waals surface area contributed by atoms with E-state index in [1.54, 1.807) is 0 Å². The number of rotatable bonds is 0. The summed E-state index contributed by atoms with van der Waals surface area (Å²) in [6.07, 6.45) is -0.846. The van der Waals surface area contributed by atoms with Crippen LogP contribution in [0.3, 0.4) is 0 Å². The second-order valence-electron chi connectivity index (χ2n) is 3.89. The van der Waals surface area contributed by atoms with Gasteiger partial charge >= 0.3 is 0 Å². The van der Waals surface area contributed by atoms with Crippen LogP contribution < -0.4 is 0 Å². The minimum atomic E-state index is -3.10. The van der Waals surface area contributed by atoms with Crippen molar-refractivity contribution in [1.82, 2.24) is 0 Å². The predicted octanol–water partition coefficient (Wildman–Crippen LogP) is 0.444. The second-order valence-corrected chi connectivity index (χ2v) is 6.04. The molecule has 0 radical (unpaired) electrons. The average molecular weight is 236 g/mol. The largest absolute Gasteiger partial charge is 0.391 e. The van der Waals surface area contributed by atoms with E-state index >= 15 is 0 Å². The van der Waals surface area contributed by atoms with Crippen molar-refractivity contribution in [3.05, 3.63) is 35.9 Å². The third-order valence-corrected chi connectivity index (χ3v) is 4.21. The summed E-state index contributed by atoms with van der Waals surface area (Å²) in [4.78, 5) is 0. The van der Waals surface area contributed by atoms with E-state index in [2.05, 4.69) is 11.8 Å². The SMILES string of the molecule is O=S1(=O)C[C@@H](O)[C@H](C#Cc2ccccc2)C1. The summed E-state index contributed by atoms with van der Waals surface area (Å²) < 4.78 is 22.5. The van der Waals surface area contributed by atoms with Gasteiger partial charge in [0.15, 0.2) is 9.84 Å². The fourth-order valence-electron chi connectivity index (χ4n) is 1.66. The summed E-state index contributed by atoms with van der Waals surface area (Å²) in [5, 5.41) is 9.52. The van der Waals surface area contributed by atoms with Crippen LogP contribution in [0, 0.1) is 17.8 Å². The topological polar surface area (TPSA) is 54.4 Å². The summed E-state index contributed by atoms with van der Waals surface area (Å²) >= 11 is 0. The van der Waals surface area contributed by atoms with E-state index in [1.165, 1.54) is 0 Å². The first-order chi connectivity index (χ1) is 7.57. The number of aliphatic hydroxyl groups is 1. The molecule has 1 fully saturated rings. The van der Waals surface area contributed by atoms with Gasteiger partial charge in [-0.1, -0.05) is 30.0 Å². The van der Waals surface area contributed by atoms with E-state index in [-0.39, 0.29) is 11.5 Å². The zero-order valence-electron chi connectivity index (χ0n) is 8.63. The Kier molecular flexibility index (Phi) is 2.99.